The minimum absolute atomic E-state index is 0.523. The lowest BCUT2D eigenvalue weighted by atomic mass is 10.4. The fourth-order valence-corrected chi connectivity index (χ4v) is 2.36. The Morgan fingerprint density at radius 3 is 2.86 bits per heavy atom. The number of imidazole rings is 1. The number of methoxy groups -OCH3 is 1. The average Bonchev–Trinajstić information content (AvgIpc) is 2.47. The van der Waals surface area contributed by atoms with Crippen molar-refractivity contribution in [1.82, 2.24) is 9.38 Å². The molecule has 5 heteroatoms. The molecule has 3 nitrogen and oxygen atoms in total. The Hall–Kier alpha value is -0.740. The highest BCUT2D eigenvalue weighted by Crippen LogP contribution is 2.35. The average molecular weight is 276 g/mol. The molecule has 0 aromatic carbocycles. The summed E-state index contributed by atoms with van der Waals surface area (Å²) in [5.41, 5.74) is 1.64. The van der Waals surface area contributed by atoms with E-state index in [-0.39, 0.29) is 0 Å². The number of rotatable bonds is 1. The van der Waals surface area contributed by atoms with Crippen molar-refractivity contribution in [3.05, 3.63) is 27.6 Å². The summed E-state index contributed by atoms with van der Waals surface area (Å²) in [5, 5.41) is 0.523. The van der Waals surface area contributed by atoms with Crippen molar-refractivity contribution < 1.29 is 4.74 Å². The minimum Gasteiger partial charge on any atom is -0.494 e. The maximum atomic E-state index is 6.12. The molecule has 2 aromatic rings. The zero-order valence-corrected chi connectivity index (χ0v) is 10.1. The fraction of sp³-hybridized carbons (Fsp3) is 0.222. The van der Waals surface area contributed by atoms with Crippen LogP contribution in [0.1, 0.15) is 5.69 Å². The number of aryl methyl sites for hydroxylation is 1. The topological polar surface area (TPSA) is 26.5 Å². The molecule has 0 atom stereocenters. The Bertz CT molecular complexity index is 495. The minimum atomic E-state index is 0.523. The van der Waals surface area contributed by atoms with E-state index in [0.717, 1.165) is 10.2 Å². The third-order valence-corrected chi connectivity index (χ3v) is 2.83. The van der Waals surface area contributed by atoms with Crippen molar-refractivity contribution in [2.45, 2.75) is 6.92 Å². The molecule has 0 unspecified atom stereocenters. The molecule has 0 radical (unpaired) electrons. The smallest absolute Gasteiger partial charge is 0.159 e. The van der Waals surface area contributed by atoms with Gasteiger partial charge >= 0.3 is 0 Å². The monoisotopic (exact) mass is 274 g/mol. The predicted molar refractivity (Wildman–Crippen MR) is 59.2 cm³/mol. The van der Waals surface area contributed by atoms with E-state index in [4.69, 9.17) is 16.3 Å². The summed E-state index contributed by atoms with van der Waals surface area (Å²) in [7, 11) is 1.58. The quantitative estimate of drug-likeness (QED) is 0.799. The molecule has 0 saturated heterocycles. The van der Waals surface area contributed by atoms with Crippen LogP contribution in [0.15, 0.2) is 16.9 Å². The van der Waals surface area contributed by atoms with E-state index < -0.39 is 0 Å². The summed E-state index contributed by atoms with van der Waals surface area (Å²) < 4.78 is 7.84. The number of nitrogens with zero attached hydrogens (tertiary/aromatic N) is 2. The Morgan fingerprint density at radius 2 is 2.21 bits per heavy atom. The van der Waals surface area contributed by atoms with Crippen molar-refractivity contribution in [2.24, 2.45) is 0 Å². The third-order valence-electron chi connectivity index (χ3n) is 1.92. The highest BCUT2D eigenvalue weighted by Gasteiger charge is 2.12. The van der Waals surface area contributed by atoms with Gasteiger partial charge in [0.15, 0.2) is 11.4 Å². The maximum Gasteiger partial charge on any atom is 0.159 e. The lowest BCUT2D eigenvalue weighted by molar-refractivity contribution is 0.412. The van der Waals surface area contributed by atoms with Crippen LogP contribution < -0.4 is 4.74 Å². The molecule has 0 aliphatic heterocycles. The summed E-state index contributed by atoms with van der Waals surface area (Å²) >= 11 is 9.50. The van der Waals surface area contributed by atoms with Gasteiger partial charge in [0.05, 0.1) is 17.3 Å². The van der Waals surface area contributed by atoms with Gasteiger partial charge in [-0.05, 0) is 22.9 Å². The molecular weight excluding hydrogens is 267 g/mol. The van der Waals surface area contributed by atoms with E-state index >= 15 is 0 Å². The molecule has 0 amide bonds. The van der Waals surface area contributed by atoms with Crippen molar-refractivity contribution >= 4 is 33.2 Å². The molecular formula is C9H8BrClN2O. The van der Waals surface area contributed by atoms with Gasteiger partial charge in [0.25, 0.3) is 0 Å². The van der Waals surface area contributed by atoms with Crippen molar-refractivity contribution in [2.75, 3.05) is 7.11 Å². The second-order valence-corrected chi connectivity index (χ2v) is 4.17. The molecule has 2 rings (SSSR count). The van der Waals surface area contributed by atoms with E-state index in [2.05, 4.69) is 20.9 Å². The molecule has 2 aromatic heterocycles. The van der Waals surface area contributed by atoms with E-state index in [0.29, 0.717) is 16.4 Å². The third kappa shape index (κ3) is 1.38. The summed E-state index contributed by atoms with van der Waals surface area (Å²) in [6, 6.07) is 0. The van der Waals surface area contributed by atoms with E-state index in [1.54, 1.807) is 7.11 Å². The van der Waals surface area contributed by atoms with Gasteiger partial charge in [-0.25, -0.2) is 4.98 Å². The molecule has 0 saturated carbocycles. The van der Waals surface area contributed by atoms with Crippen molar-refractivity contribution in [3.63, 3.8) is 0 Å². The predicted octanol–water partition coefficient (Wildman–Crippen LogP) is 3.07. The van der Waals surface area contributed by atoms with Gasteiger partial charge in [-0.3, -0.25) is 0 Å². The molecule has 0 aliphatic carbocycles. The molecule has 0 spiro atoms. The Kier molecular flexibility index (Phi) is 2.41. The van der Waals surface area contributed by atoms with Gasteiger partial charge in [0.1, 0.15) is 5.02 Å². The first-order valence-corrected chi connectivity index (χ1v) is 5.18. The zero-order chi connectivity index (χ0) is 10.3. The fourth-order valence-electron chi connectivity index (χ4n) is 1.35. The van der Waals surface area contributed by atoms with Gasteiger partial charge in [-0.2, -0.15) is 0 Å². The Labute approximate surface area is 94.8 Å². The van der Waals surface area contributed by atoms with E-state index in [9.17, 15) is 0 Å². The van der Waals surface area contributed by atoms with Crippen LogP contribution in [0, 0.1) is 6.92 Å². The summed E-state index contributed by atoms with van der Waals surface area (Å²) in [6.45, 7) is 1.92. The Balaban J connectivity index is 2.84. The number of pyridine rings is 1. The number of halogens is 2. The number of fused-ring (bicyclic) bond motifs is 1. The number of aromatic nitrogens is 2. The standard InChI is InChI=1S/C9H8BrClN2O/c1-5-3-13-4-6(10)8(14-2)7(11)9(13)12-5/h3-4H,1-2H3. The lowest BCUT2D eigenvalue weighted by Crippen LogP contribution is -1.91. The maximum absolute atomic E-state index is 6.12. The highest BCUT2D eigenvalue weighted by molar-refractivity contribution is 9.10. The zero-order valence-electron chi connectivity index (χ0n) is 7.71. The first kappa shape index (κ1) is 9.80. The molecule has 0 fully saturated rings. The lowest BCUT2D eigenvalue weighted by Gasteiger charge is -2.06. The normalized spacial score (nSPS) is 10.9. The van der Waals surface area contributed by atoms with Gasteiger partial charge in [0.2, 0.25) is 0 Å². The van der Waals surface area contributed by atoms with Crippen LogP contribution in [-0.2, 0) is 0 Å². The largest absolute Gasteiger partial charge is 0.494 e. The summed E-state index contributed by atoms with van der Waals surface area (Å²) in [5.74, 6) is 0.616. The molecule has 0 bridgehead atoms. The van der Waals surface area contributed by atoms with Crippen LogP contribution in [0.5, 0.6) is 5.75 Å². The molecule has 0 aliphatic rings. The Morgan fingerprint density at radius 1 is 1.50 bits per heavy atom. The highest BCUT2D eigenvalue weighted by atomic mass is 79.9. The van der Waals surface area contributed by atoms with Crippen LogP contribution in [-0.4, -0.2) is 16.5 Å². The van der Waals surface area contributed by atoms with E-state index in [1.165, 1.54) is 0 Å². The van der Waals surface area contributed by atoms with Crippen LogP contribution in [0.4, 0.5) is 0 Å². The van der Waals surface area contributed by atoms with Crippen molar-refractivity contribution in [1.29, 1.82) is 0 Å². The van der Waals surface area contributed by atoms with Crippen LogP contribution in [0.25, 0.3) is 5.65 Å². The van der Waals surface area contributed by atoms with Gasteiger partial charge in [0, 0.05) is 12.4 Å². The first-order valence-electron chi connectivity index (χ1n) is 4.00. The second kappa shape index (κ2) is 3.44. The summed E-state index contributed by atoms with van der Waals surface area (Å²) in [6.07, 6.45) is 3.78. The van der Waals surface area contributed by atoms with Gasteiger partial charge < -0.3 is 9.14 Å². The van der Waals surface area contributed by atoms with Gasteiger partial charge in [-0.15, -0.1) is 0 Å². The van der Waals surface area contributed by atoms with Crippen LogP contribution in [0.2, 0.25) is 5.02 Å². The molecule has 74 valence electrons. The number of ether oxygens (including phenoxy) is 1. The summed E-state index contributed by atoms with van der Waals surface area (Å²) in [4.78, 5) is 4.29. The molecule has 14 heavy (non-hydrogen) atoms. The second-order valence-electron chi connectivity index (χ2n) is 2.94. The van der Waals surface area contributed by atoms with Crippen LogP contribution >= 0.6 is 27.5 Å². The van der Waals surface area contributed by atoms with Crippen LogP contribution in [0.3, 0.4) is 0 Å². The van der Waals surface area contributed by atoms with Crippen molar-refractivity contribution in [3.8, 4) is 5.75 Å². The number of hydrogen-bond donors (Lipinski definition) is 0. The number of hydrogen-bond acceptors (Lipinski definition) is 2. The SMILES string of the molecule is COc1c(Br)cn2cc(C)nc2c1Cl. The molecule has 2 heterocycles. The first-order chi connectivity index (χ1) is 6.63. The van der Waals surface area contributed by atoms with E-state index in [1.807, 2.05) is 23.7 Å². The van der Waals surface area contributed by atoms with Gasteiger partial charge in [-0.1, -0.05) is 11.6 Å². The molecule has 0 N–H and O–H groups in total.